The first kappa shape index (κ1) is 13.9. The molecule has 0 atom stereocenters. The van der Waals surface area contributed by atoms with Gasteiger partial charge in [0, 0.05) is 6.54 Å². The molecule has 0 aliphatic carbocycles. The molecule has 1 heterocycles. The number of carbonyl (C=O) groups excluding carboxylic acids is 1. The van der Waals surface area contributed by atoms with E-state index in [2.05, 4.69) is 10.5 Å². The van der Waals surface area contributed by atoms with Gasteiger partial charge in [0.25, 0.3) is 0 Å². The molecule has 0 radical (unpaired) electrons. The van der Waals surface area contributed by atoms with Gasteiger partial charge in [-0.1, -0.05) is 35.5 Å². The Morgan fingerprint density at radius 3 is 2.70 bits per heavy atom. The second kappa shape index (κ2) is 6.56. The van der Waals surface area contributed by atoms with Crippen LogP contribution >= 0.6 is 0 Å². The molecule has 0 spiro atoms. The maximum absolute atomic E-state index is 11.8. The van der Waals surface area contributed by atoms with E-state index in [1.165, 1.54) is 0 Å². The first-order chi connectivity index (χ1) is 9.69. The first-order valence-corrected chi connectivity index (χ1v) is 6.27. The van der Waals surface area contributed by atoms with E-state index in [1.807, 2.05) is 30.3 Å². The summed E-state index contributed by atoms with van der Waals surface area (Å²) in [6, 6.07) is 13.1. The van der Waals surface area contributed by atoms with Gasteiger partial charge in [-0.25, -0.2) is 0 Å². The van der Waals surface area contributed by atoms with E-state index in [9.17, 15) is 4.79 Å². The summed E-state index contributed by atoms with van der Waals surface area (Å²) in [7, 11) is 0. The van der Waals surface area contributed by atoms with Crippen LogP contribution in [0.3, 0.4) is 0 Å². The largest absolute Gasteiger partial charge is 0.459 e. The number of nitrogens with zero attached hydrogens (tertiary/aromatic N) is 1. The molecular weight excluding hydrogens is 256 g/mol. The average Bonchev–Trinajstić information content (AvgIpc) is 2.94. The highest BCUT2D eigenvalue weighted by Gasteiger charge is 2.09. The van der Waals surface area contributed by atoms with Crippen molar-refractivity contribution in [3.63, 3.8) is 0 Å². The van der Waals surface area contributed by atoms with Crippen LogP contribution in [0.4, 0.5) is 0 Å². The van der Waals surface area contributed by atoms with Gasteiger partial charge in [0.1, 0.15) is 11.5 Å². The van der Waals surface area contributed by atoms with Crippen LogP contribution in [0.15, 0.2) is 52.0 Å². The summed E-state index contributed by atoms with van der Waals surface area (Å²) in [5.41, 5.74) is 1.42. The van der Waals surface area contributed by atoms with Gasteiger partial charge in [0.2, 0.25) is 5.91 Å². The summed E-state index contributed by atoms with van der Waals surface area (Å²) in [4.78, 5) is 11.8. The predicted molar refractivity (Wildman–Crippen MR) is 74.7 cm³/mol. The number of nitrogens with one attached hydrogen (secondary N) is 1. The van der Waals surface area contributed by atoms with Gasteiger partial charge < -0.3 is 14.9 Å². The van der Waals surface area contributed by atoms with E-state index < -0.39 is 0 Å². The standard InChI is InChI=1S/C15H16N2O3/c1-11(17-19)14-8-7-13(20-14)9-15(18)16-10-12-5-3-2-4-6-12/h2-8,19H,9-10H2,1H3,(H,16,18)/b17-11+. The highest BCUT2D eigenvalue weighted by molar-refractivity contribution is 5.95. The Labute approximate surface area is 116 Å². The van der Waals surface area contributed by atoms with Crippen LogP contribution < -0.4 is 5.32 Å². The smallest absolute Gasteiger partial charge is 0.227 e. The van der Waals surface area contributed by atoms with E-state index in [4.69, 9.17) is 9.62 Å². The molecule has 2 rings (SSSR count). The van der Waals surface area contributed by atoms with Crippen LogP contribution in [0.1, 0.15) is 24.0 Å². The Morgan fingerprint density at radius 2 is 2.00 bits per heavy atom. The van der Waals surface area contributed by atoms with Gasteiger partial charge in [-0.2, -0.15) is 0 Å². The van der Waals surface area contributed by atoms with E-state index in [-0.39, 0.29) is 12.3 Å². The van der Waals surface area contributed by atoms with Crippen LogP contribution in [-0.4, -0.2) is 16.8 Å². The van der Waals surface area contributed by atoms with Crippen molar-refractivity contribution < 1.29 is 14.4 Å². The normalized spacial score (nSPS) is 11.3. The van der Waals surface area contributed by atoms with Crippen molar-refractivity contribution in [3.8, 4) is 0 Å². The Hall–Kier alpha value is -2.56. The molecule has 2 aromatic rings. The molecule has 0 unspecified atom stereocenters. The summed E-state index contributed by atoms with van der Waals surface area (Å²) < 4.78 is 5.41. The zero-order valence-corrected chi connectivity index (χ0v) is 11.2. The van der Waals surface area contributed by atoms with Crippen molar-refractivity contribution in [1.82, 2.24) is 5.32 Å². The number of oxime groups is 1. The number of furan rings is 1. The molecule has 0 bridgehead atoms. The van der Waals surface area contributed by atoms with Crippen LogP contribution in [-0.2, 0) is 17.8 Å². The Bertz CT molecular complexity index is 603. The zero-order valence-electron chi connectivity index (χ0n) is 11.2. The second-order valence-electron chi connectivity index (χ2n) is 4.39. The predicted octanol–water partition coefficient (Wildman–Crippen LogP) is 2.34. The van der Waals surface area contributed by atoms with Crippen molar-refractivity contribution in [2.24, 2.45) is 5.16 Å². The summed E-state index contributed by atoms with van der Waals surface area (Å²) in [5.74, 6) is 0.875. The van der Waals surface area contributed by atoms with Crippen molar-refractivity contribution in [1.29, 1.82) is 0 Å². The topological polar surface area (TPSA) is 74.8 Å². The molecule has 0 saturated carbocycles. The van der Waals surface area contributed by atoms with Crippen molar-refractivity contribution in [2.75, 3.05) is 0 Å². The number of hydrogen-bond acceptors (Lipinski definition) is 4. The molecule has 5 nitrogen and oxygen atoms in total. The van der Waals surface area contributed by atoms with Gasteiger partial charge in [0.15, 0.2) is 5.76 Å². The lowest BCUT2D eigenvalue weighted by Gasteiger charge is -2.03. The van der Waals surface area contributed by atoms with E-state index >= 15 is 0 Å². The van der Waals surface area contributed by atoms with Gasteiger partial charge in [0.05, 0.1) is 6.42 Å². The molecular formula is C15H16N2O3. The van der Waals surface area contributed by atoms with Gasteiger partial charge in [-0.15, -0.1) is 0 Å². The van der Waals surface area contributed by atoms with Crippen LogP contribution in [0.2, 0.25) is 0 Å². The first-order valence-electron chi connectivity index (χ1n) is 6.27. The minimum atomic E-state index is -0.117. The van der Waals surface area contributed by atoms with Crippen LogP contribution in [0, 0.1) is 0 Å². The fourth-order valence-corrected chi connectivity index (χ4v) is 1.73. The molecule has 2 N–H and O–H groups in total. The van der Waals surface area contributed by atoms with Crippen LogP contribution in [0.5, 0.6) is 0 Å². The van der Waals surface area contributed by atoms with E-state index in [0.717, 1.165) is 5.56 Å². The third kappa shape index (κ3) is 3.71. The summed E-state index contributed by atoms with van der Waals surface area (Å²) >= 11 is 0. The molecule has 0 fully saturated rings. The number of carbonyl (C=O) groups is 1. The average molecular weight is 272 g/mol. The molecule has 1 amide bonds. The Kier molecular flexibility index (Phi) is 4.55. The van der Waals surface area contributed by atoms with Crippen molar-refractivity contribution in [2.45, 2.75) is 19.9 Å². The van der Waals surface area contributed by atoms with Crippen molar-refractivity contribution in [3.05, 3.63) is 59.5 Å². The van der Waals surface area contributed by atoms with E-state index in [0.29, 0.717) is 23.8 Å². The summed E-state index contributed by atoms with van der Waals surface area (Å²) in [5, 5.41) is 14.5. The quantitative estimate of drug-likeness (QED) is 0.498. The lowest BCUT2D eigenvalue weighted by Crippen LogP contribution is -2.24. The third-order valence-corrected chi connectivity index (χ3v) is 2.84. The fraction of sp³-hybridized carbons (Fsp3) is 0.200. The molecule has 5 heteroatoms. The molecule has 0 aliphatic heterocycles. The number of hydrogen-bond donors (Lipinski definition) is 2. The highest BCUT2D eigenvalue weighted by Crippen LogP contribution is 2.10. The second-order valence-corrected chi connectivity index (χ2v) is 4.39. The minimum Gasteiger partial charge on any atom is -0.459 e. The minimum absolute atomic E-state index is 0.117. The zero-order chi connectivity index (χ0) is 14.4. The molecule has 104 valence electrons. The van der Waals surface area contributed by atoms with Crippen molar-refractivity contribution >= 4 is 11.6 Å². The van der Waals surface area contributed by atoms with E-state index in [1.54, 1.807) is 19.1 Å². The fourth-order valence-electron chi connectivity index (χ4n) is 1.73. The van der Waals surface area contributed by atoms with Crippen LogP contribution in [0.25, 0.3) is 0 Å². The molecule has 0 aliphatic rings. The number of amides is 1. The number of rotatable bonds is 5. The van der Waals surface area contributed by atoms with Gasteiger partial charge in [-0.3, -0.25) is 4.79 Å². The monoisotopic (exact) mass is 272 g/mol. The highest BCUT2D eigenvalue weighted by atomic mass is 16.4. The maximum atomic E-state index is 11.8. The third-order valence-electron chi connectivity index (χ3n) is 2.84. The SMILES string of the molecule is C/C(=N\O)c1ccc(CC(=O)NCc2ccccc2)o1. The molecule has 1 aromatic heterocycles. The lowest BCUT2D eigenvalue weighted by atomic mass is 10.2. The molecule has 0 saturated heterocycles. The lowest BCUT2D eigenvalue weighted by molar-refractivity contribution is -0.120. The summed E-state index contributed by atoms with van der Waals surface area (Å²) in [6.07, 6.45) is 0.158. The van der Waals surface area contributed by atoms with Gasteiger partial charge >= 0.3 is 0 Å². The maximum Gasteiger partial charge on any atom is 0.227 e. The van der Waals surface area contributed by atoms with Gasteiger partial charge in [-0.05, 0) is 24.6 Å². The number of benzene rings is 1. The molecule has 20 heavy (non-hydrogen) atoms. The summed E-state index contributed by atoms with van der Waals surface area (Å²) in [6.45, 7) is 2.11. The Balaban J connectivity index is 1.87. The Morgan fingerprint density at radius 1 is 1.25 bits per heavy atom. The molecule has 1 aromatic carbocycles.